The molecule has 1 saturated heterocycles. The summed E-state index contributed by atoms with van der Waals surface area (Å²) in [5.41, 5.74) is 6.50. The normalized spacial score (nSPS) is 14.9. The molecule has 190 valence electrons. The van der Waals surface area contributed by atoms with Gasteiger partial charge < -0.3 is 10.0 Å². The van der Waals surface area contributed by atoms with Crippen LogP contribution in [0.3, 0.4) is 0 Å². The number of amides is 1. The minimum Gasteiger partial charge on any atom is -0.465 e. The Bertz CT molecular complexity index is 1200. The van der Waals surface area contributed by atoms with E-state index in [9.17, 15) is 9.90 Å². The van der Waals surface area contributed by atoms with E-state index in [1.165, 1.54) is 21.6 Å². The number of piperidine rings is 1. The molecule has 7 heteroatoms. The van der Waals surface area contributed by atoms with Crippen molar-refractivity contribution in [3.8, 4) is 0 Å². The van der Waals surface area contributed by atoms with Crippen molar-refractivity contribution in [2.75, 3.05) is 13.1 Å². The van der Waals surface area contributed by atoms with Crippen LogP contribution in [-0.4, -0.2) is 50.1 Å². The minimum atomic E-state index is -0.840. The van der Waals surface area contributed by atoms with Gasteiger partial charge in [-0.25, -0.2) is 4.79 Å². The Hall–Kier alpha value is -2.96. The standard InChI is InChI=1S/C29H35ClN4O2/c1-20-16-21(2)26(32-17-20)18-34(24-11-14-33(15-12-24)28(35)36)19-27-25(6-5-13-31-27)29(3,4)22-7-9-23(30)10-8-22/h5-10,13,16-17,24H,11-12,14-15,18-19H2,1-4H3,(H,35,36). The van der Waals surface area contributed by atoms with Crippen LogP contribution in [0.5, 0.6) is 0 Å². The van der Waals surface area contributed by atoms with E-state index in [1.807, 2.05) is 30.6 Å². The van der Waals surface area contributed by atoms with Gasteiger partial charge in [-0.15, -0.1) is 0 Å². The van der Waals surface area contributed by atoms with Crippen molar-refractivity contribution in [1.82, 2.24) is 19.8 Å². The molecule has 0 atom stereocenters. The number of halogens is 1. The third-order valence-electron chi connectivity index (χ3n) is 7.41. The molecule has 0 unspecified atom stereocenters. The Morgan fingerprint density at radius 3 is 2.39 bits per heavy atom. The summed E-state index contributed by atoms with van der Waals surface area (Å²) in [4.78, 5) is 25.0. The SMILES string of the molecule is Cc1cnc(CN(Cc2ncccc2C(C)(C)c2ccc(Cl)cc2)C2CCN(C(=O)O)CC2)c(C)c1. The van der Waals surface area contributed by atoms with Gasteiger partial charge in [-0.05, 0) is 67.1 Å². The molecule has 4 rings (SSSR count). The lowest BCUT2D eigenvalue weighted by Crippen LogP contribution is -2.46. The number of carboxylic acid groups (broad SMARTS) is 1. The van der Waals surface area contributed by atoms with Gasteiger partial charge in [0.25, 0.3) is 0 Å². The number of aromatic nitrogens is 2. The van der Waals surface area contributed by atoms with E-state index < -0.39 is 6.09 Å². The van der Waals surface area contributed by atoms with Crippen LogP contribution in [0.15, 0.2) is 54.9 Å². The van der Waals surface area contributed by atoms with Gasteiger partial charge in [0.15, 0.2) is 0 Å². The maximum atomic E-state index is 11.5. The number of pyridine rings is 2. The summed E-state index contributed by atoms with van der Waals surface area (Å²) in [6, 6.07) is 14.6. The van der Waals surface area contributed by atoms with E-state index in [0.717, 1.165) is 34.8 Å². The lowest BCUT2D eigenvalue weighted by atomic mass is 9.77. The molecule has 1 fully saturated rings. The van der Waals surface area contributed by atoms with Crippen LogP contribution in [0.1, 0.15) is 60.3 Å². The molecule has 0 bridgehead atoms. The summed E-state index contributed by atoms with van der Waals surface area (Å²) >= 11 is 6.16. The van der Waals surface area contributed by atoms with Gasteiger partial charge in [-0.1, -0.05) is 49.7 Å². The molecular weight excluding hydrogens is 472 g/mol. The quantitative estimate of drug-likeness (QED) is 0.412. The molecule has 0 radical (unpaired) electrons. The van der Waals surface area contributed by atoms with Gasteiger partial charge in [-0.3, -0.25) is 14.9 Å². The molecule has 1 amide bonds. The highest BCUT2D eigenvalue weighted by Gasteiger charge is 2.31. The molecule has 0 aliphatic carbocycles. The second-order valence-electron chi connectivity index (χ2n) is 10.3. The summed E-state index contributed by atoms with van der Waals surface area (Å²) < 4.78 is 0. The molecule has 3 aromatic rings. The van der Waals surface area contributed by atoms with Gasteiger partial charge in [-0.2, -0.15) is 0 Å². The van der Waals surface area contributed by atoms with Crippen LogP contribution in [0.2, 0.25) is 5.02 Å². The fourth-order valence-corrected chi connectivity index (χ4v) is 5.31. The van der Waals surface area contributed by atoms with E-state index in [4.69, 9.17) is 21.6 Å². The zero-order chi connectivity index (χ0) is 25.9. The van der Waals surface area contributed by atoms with Crippen LogP contribution in [0.4, 0.5) is 4.79 Å². The van der Waals surface area contributed by atoms with E-state index in [-0.39, 0.29) is 11.5 Å². The van der Waals surface area contributed by atoms with Crippen LogP contribution >= 0.6 is 11.6 Å². The van der Waals surface area contributed by atoms with Gasteiger partial charge >= 0.3 is 6.09 Å². The summed E-state index contributed by atoms with van der Waals surface area (Å²) in [7, 11) is 0. The lowest BCUT2D eigenvalue weighted by molar-refractivity contribution is 0.0855. The number of carbonyl (C=O) groups is 1. The highest BCUT2D eigenvalue weighted by molar-refractivity contribution is 6.30. The maximum absolute atomic E-state index is 11.5. The molecule has 2 aromatic heterocycles. The molecule has 36 heavy (non-hydrogen) atoms. The van der Waals surface area contributed by atoms with Gasteiger partial charge in [0.05, 0.1) is 11.4 Å². The predicted octanol–water partition coefficient (Wildman–Crippen LogP) is 6.22. The van der Waals surface area contributed by atoms with E-state index in [1.54, 1.807) is 0 Å². The Balaban J connectivity index is 1.66. The monoisotopic (exact) mass is 506 g/mol. The highest BCUT2D eigenvalue weighted by atomic mass is 35.5. The summed E-state index contributed by atoms with van der Waals surface area (Å²) in [6.07, 6.45) is 4.52. The highest BCUT2D eigenvalue weighted by Crippen LogP contribution is 2.35. The number of likely N-dealkylation sites (tertiary alicyclic amines) is 1. The van der Waals surface area contributed by atoms with E-state index in [0.29, 0.717) is 26.2 Å². The first-order chi connectivity index (χ1) is 17.1. The third kappa shape index (κ3) is 5.88. The first kappa shape index (κ1) is 26.1. The van der Waals surface area contributed by atoms with E-state index in [2.05, 4.69) is 56.9 Å². The average Bonchev–Trinajstić information content (AvgIpc) is 2.85. The van der Waals surface area contributed by atoms with Crippen molar-refractivity contribution in [3.05, 3.63) is 93.5 Å². The molecule has 1 aromatic carbocycles. The Morgan fingerprint density at radius 2 is 1.75 bits per heavy atom. The number of rotatable bonds is 7. The minimum absolute atomic E-state index is 0.247. The number of aryl methyl sites for hydroxylation is 2. The van der Waals surface area contributed by atoms with Gasteiger partial charge in [0.2, 0.25) is 0 Å². The van der Waals surface area contributed by atoms with Crippen LogP contribution in [0, 0.1) is 13.8 Å². The average molecular weight is 507 g/mol. The molecule has 1 aliphatic rings. The predicted molar refractivity (Wildman–Crippen MR) is 143 cm³/mol. The molecule has 6 nitrogen and oxygen atoms in total. The second kappa shape index (κ2) is 11.0. The van der Waals surface area contributed by atoms with Crippen molar-refractivity contribution in [1.29, 1.82) is 0 Å². The van der Waals surface area contributed by atoms with Crippen molar-refractivity contribution < 1.29 is 9.90 Å². The molecule has 3 heterocycles. The zero-order valence-electron chi connectivity index (χ0n) is 21.5. The first-order valence-corrected chi connectivity index (χ1v) is 12.9. The Labute approximate surface area is 219 Å². The fourth-order valence-electron chi connectivity index (χ4n) is 5.19. The van der Waals surface area contributed by atoms with Crippen molar-refractivity contribution >= 4 is 17.7 Å². The molecule has 1 N–H and O–H groups in total. The maximum Gasteiger partial charge on any atom is 0.407 e. The Kier molecular flexibility index (Phi) is 7.96. The Morgan fingerprint density at radius 1 is 1.08 bits per heavy atom. The number of hydrogen-bond acceptors (Lipinski definition) is 4. The van der Waals surface area contributed by atoms with Crippen molar-refractivity contribution in [2.24, 2.45) is 0 Å². The van der Waals surface area contributed by atoms with Crippen molar-refractivity contribution in [2.45, 2.75) is 65.1 Å². The van der Waals surface area contributed by atoms with Gasteiger partial charge in [0.1, 0.15) is 0 Å². The number of benzene rings is 1. The van der Waals surface area contributed by atoms with Gasteiger partial charge in [0, 0.05) is 55.1 Å². The molecule has 0 spiro atoms. The number of nitrogens with zero attached hydrogens (tertiary/aromatic N) is 4. The summed E-state index contributed by atoms with van der Waals surface area (Å²) in [6.45, 7) is 11.1. The van der Waals surface area contributed by atoms with Crippen LogP contribution in [0.25, 0.3) is 0 Å². The largest absolute Gasteiger partial charge is 0.465 e. The third-order valence-corrected chi connectivity index (χ3v) is 7.66. The molecule has 0 saturated carbocycles. The lowest BCUT2D eigenvalue weighted by Gasteiger charge is -2.38. The van der Waals surface area contributed by atoms with Crippen LogP contribution in [-0.2, 0) is 18.5 Å². The number of hydrogen-bond donors (Lipinski definition) is 1. The van der Waals surface area contributed by atoms with Crippen molar-refractivity contribution in [3.63, 3.8) is 0 Å². The zero-order valence-corrected chi connectivity index (χ0v) is 22.3. The smallest absolute Gasteiger partial charge is 0.407 e. The fraction of sp³-hybridized carbons (Fsp3) is 0.414. The topological polar surface area (TPSA) is 69.6 Å². The molecular formula is C29H35ClN4O2. The summed E-state index contributed by atoms with van der Waals surface area (Å²) in [5.74, 6) is 0. The second-order valence-corrected chi connectivity index (χ2v) is 10.7. The molecule has 1 aliphatic heterocycles. The van der Waals surface area contributed by atoms with E-state index >= 15 is 0 Å². The summed E-state index contributed by atoms with van der Waals surface area (Å²) in [5, 5.41) is 10.2. The first-order valence-electron chi connectivity index (χ1n) is 12.5. The van der Waals surface area contributed by atoms with Crippen LogP contribution < -0.4 is 0 Å².